The van der Waals surface area contributed by atoms with Gasteiger partial charge in [0.05, 0.1) is 0 Å². The van der Waals surface area contributed by atoms with Crippen LogP contribution in [0.2, 0.25) is 5.02 Å². The van der Waals surface area contributed by atoms with Crippen molar-refractivity contribution in [3.8, 4) is 11.6 Å². The minimum atomic E-state index is 0.0257. The lowest BCUT2D eigenvalue weighted by molar-refractivity contribution is -0.136. The van der Waals surface area contributed by atoms with Crippen molar-refractivity contribution < 1.29 is 14.3 Å². The molecule has 1 saturated heterocycles. The Morgan fingerprint density at radius 3 is 2.56 bits per heavy atom. The smallest absolute Gasteiger partial charge is 0.248 e. The molecule has 0 N–H and O–H groups in total. The summed E-state index contributed by atoms with van der Waals surface area (Å²) in [7, 11) is 1.53. The topological polar surface area (TPSA) is 64.5 Å². The number of carbonyl (C=O) groups excluding carboxylic acids is 1. The zero-order chi connectivity index (χ0) is 17.6. The molecule has 1 aliphatic rings. The van der Waals surface area contributed by atoms with E-state index < -0.39 is 0 Å². The number of amides is 1. The van der Waals surface area contributed by atoms with E-state index in [9.17, 15) is 4.79 Å². The summed E-state index contributed by atoms with van der Waals surface area (Å²) in [6.07, 6.45) is 4.94. The normalized spacial score (nSPS) is 15.2. The number of rotatable bonds is 5. The highest BCUT2D eigenvalue weighted by molar-refractivity contribution is 6.30. The number of likely N-dealkylation sites (tertiary alicyclic amines) is 1. The van der Waals surface area contributed by atoms with Gasteiger partial charge in [0.15, 0.2) is 0 Å². The Morgan fingerprint density at radius 1 is 1.20 bits per heavy atom. The van der Waals surface area contributed by atoms with Gasteiger partial charge in [-0.3, -0.25) is 9.78 Å². The van der Waals surface area contributed by atoms with E-state index in [0.717, 1.165) is 18.5 Å². The first-order valence-electron chi connectivity index (χ1n) is 8.18. The van der Waals surface area contributed by atoms with Crippen molar-refractivity contribution in [1.29, 1.82) is 0 Å². The molecule has 1 aliphatic heterocycles. The lowest BCUT2D eigenvalue weighted by Crippen LogP contribution is -2.39. The number of benzene rings is 1. The second-order valence-corrected chi connectivity index (χ2v) is 6.33. The number of hydrogen-bond acceptors (Lipinski definition) is 5. The van der Waals surface area contributed by atoms with Gasteiger partial charge in [-0.25, -0.2) is 4.98 Å². The molecule has 0 saturated carbocycles. The van der Waals surface area contributed by atoms with Crippen LogP contribution in [0.15, 0.2) is 36.7 Å². The van der Waals surface area contributed by atoms with E-state index in [1.807, 2.05) is 4.90 Å². The number of halogens is 1. The molecule has 1 amide bonds. The molecule has 3 rings (SSSR count). The van der Waals surface area contributed by atoms with Crippen molar-refractivity contribution in [3.63, 3.8) is 0 Å². The van der Waals surface area contributed by atoms with E-state index >= 15 is 0 Å². The summed E-state index contributed by atoms with van der Waals surface area (Å²) >= 11 is 5.90. The van der Waals surface area contributed by atoms with Gasteiger partial charge >= 0.3 is 0 Å². The average Bonchev–Trinajstić information content (AvgIpc) is 2.64. The van der Waals surface area contributed by atoms with Crippen molar-refractivity contribution in [1.82, 2.24) is 14.9 Å². The summed E-state index contributed by atoms with van der Waals surface area (Å²) in [4.78, 5) is 22.6. The SMILES string of the molecule is COCC(=O)N1CCC(c2nccnc2Oc2ccc(Cl)cc2)CC1. The maximum absolute atomic E-state index is 11.9. The monoisotopic (exact) mass is 361 g/mol. The van der Waals surface area contributed by atoms with E-state index in [4.69, 9.17) is 21.1 Å². The molecule has 0 aliphatic carbocycles. The minimum Gasteiger partial charge on any atom is -0.437 e. The first-order chi connectivity index (χ1) is 12.2. The largest absolute Gasteiger partial charge is 0.437 e. The first-order valence-corrected chi connectivity index (χ1v) is 8.56. The lowest BCUT2D eigenvalue weighted by Gasteiger charge is -2.31. The van der Waals surface area contributed by atoms with Crippen molar-refractivity contribution in [2.24, 2.45) is 0 Å². The standard InChI is InChI=1S/C18H20ClN3O3/c1-24-12-16(23)22-10-6-13(7-11-22)17-18(21-9-8-20-17)25-15-4-2-14(19)3-5-15/h2-5,8-9,13H,6-7,10-12H2,1H3. The third kappa shape index (κ3) is 4.46. The fraction of sp³-hybridized carbons (Fsp3) is 0.389. The molecule has 0 unspecified atom stereocenters. The van der Waals surface area contributed by atoms with Crippen LogP contribution >= 0.6 is 11.6 Å². The second kappa shape index (κ2) is 8.27. The molecular weight excluding hydrogens is 342 g/mol. The van der Waals surface area contributed by atoms with Crippen LogP contribution in [0, 0.1) is 0 Å². The van der Waals surface area contributed by atoms with Crippen LogP contribution in [-0.4, -0.2) is 47.6 Å². The fourth-order valence-electron chi connectivity index (χ4n) is 2.93. The van der Waals surface area contributed by atoms with E-state index in [1.165, 1.54) is 7.11 Å². The minimum absolute atomic E-state index is 0.0257. The van der Waals surface area contributed by atoms with Gasteiger partial charge in [0.1, 0.15) is 18.1 Å². The molecular formula is C18H20ClN3O3. The van der Waals surface area contributed by atoms with Gasteiger partial charge in [0, 0.05) is 43.5 Å². The van der Waals surface area contributed by atoms with Gasteiger partial charge in [-0.2, -0.15) is 0 Å². The number of methoxy groups -OCH3 is 1. The molecule has 2 heterocycles. The van der Waals surface area contributed by atoms with E-state index in [1.54, 1.807) is 36.7 Å². The van der Waals surface area contributed by atoms with Crippen LogP contribution in [0.1, 0.15) is 24.5 Å². The van der Waals surface area contributed by atoms with Gasteiger partial charge in [-0.15, -0.1) is 0 Å². The highest BCUT2D eigenvalue weighted by Crippen LogP contribution is 2.33. The Kier molecular flexibility index (Phi) is 5.83. The Balaban J connectivity index is 1.69. The number of piperidine rings is 1. The molecule has 132 valence electrons. The lowest BCUT2D eigenvalue weighted by atomic mass is 9.93. The maximum Gasteiger partial charge on any atom is 0.248 e. The highest BCUT2D eigenvalue weighted by atomic mass is 35.5. The van der Waals surface area contributed by atoms with E-state index in [2.05, 4.69) is 9.97 Å². The number of ether oxygens (including phenoxy) is 2. The Morgan fingerprint density at radius 2 is 1.88 bits per heavy atom. The van der Waals surface area contributed by atoms with Gasteiger partial charge in [0.25, 0.3) is 0 Å². The van der Waals surface area contributed by atoms with Gasteiger partial charge in [-0.05, 0) is 37.1 Å². The highest BCUT2D eigenvalue weighted by Gasteiger charge is 2.27. The molecule has 0 spiro atoms. The number of nitrogens with zero attached hydrogens (tertiary/aromatic N) is 3. The zero-order valence-electron chi connectivity index (χ0n) is 14.0. The Bertz CT molecular complexity index is 716. The van der Waals surface area contributed by atoms with Crippen LogP contribution in [-0.2, 0) is 9.53 Å². The molecule has 1 aromatic heterocycles. The summed E-state index contributed by atoms with van der Waals surface area (Å²) in [6.45, 7) is 1.49. The second-order valence-electron chi connectivity index (χ2n) is 5.89. The average molecular weight is 362 g/mol. The Labute approximate surface area is 151 Å². The third-order valence-electron chi connectivity index (χ3n) is 4.22. The summed E-state index contributed by atoms with van der Waals surface area (Å²) in [6, 6.07) is 7.14. The van der Waals surface area contributed by atoms with Crippen molar-refractivity contribution in [3.05, 3.63) is 47.4 Å². The van der Waals surface area contributed by atoms with Crippen LogP contribution in [0.4, 0.5) is 0 Å². The predicted molar refractivity (Wildman–Crippen MR) is 94.0 cm³/mol. The van der Waals surface area contributed by atoms with Crippen molar-refractivity contribution >= 4 is 17.5 Å². The van der Waals surface area contributed by atoms with Gasteiger partial charge in [0.2, 0.25) is 11.8 Å². The van der Waals surface area contributed by atoms with Crippen LogP contribution in [0.25, 0.3) is 0 Å². The number of aromatic nitrogens is 2. The summed E-state index contributed by atoms with van der Waals surface area (Å²) in [5.74, 6) is 1.41. The number of hydrogen-bond donors (Lipinski definition) is 0. The zero-order valence-corrected chi connectivity index (χ0v) is 14.8. The van der Waals surface area contributed by atoms with Gasteiger partial charge < -0.3 is 14.4 Å². The molecule has 1 aromatic carbocycles. The molecule has 0 radical (unpaired) electrons. The maximum atomic E-state index is 11.9. The molecule has 1 fully saturated rings. The van der Waals surface area contributed by atoms with Crippen molar-refractivity contribution in [2.75, 3.05) is 26.8 Å². The molecule has 6 nitrogen and oxygen atoms in total. The third-order valence-corrected chi connectivity index (χ3v) is 4.47. The predicted octanol–water partition coefficient (Wildman–Crippen LogP) is 3.27. The molecule has 7 heteroatoms. The van der Waals surface area contributed by atoms with Gasteiger partial charge in [-0.1, -0.05) is 11.6 Å². The summed E-state index contributed by atoms with van der Waals surface area (Å²) < 4.78 is 10.8. The van der Waals surface area contributed by atoms with E-state index in [-0.39, 0.29) is 18.4 Å². The van der Waals surface area contributed by atoms with Crippen LogP contribution < -0.4 is 4.74 Å². The number of carbonyl (C=O) groups is 1. The van der Waals surface area contributed by atoms with E-state index in [0.29, 0.717) is 29.7 Å². The molecule has 2 aromatic rings. The fourth-order valence-corrected chi connectivity index (χ4v) is 3.05. The molecule has 0 bridgehead atoms. The first kappa shape index (κ1) is 17.6. The molecule has 25 heavy (non-hydrogen) atoms. The summed E-state index contributed by atoms with van der Waals surface area (Å²) in [5, 5.41) is 0.653. The quantitative estimate of drug-likeness (QED) is 0.817. The van der Waals surface area contributed by atoms with Crippen LogP contribution in [0.5, 0.6) is 11.6 Å². The molecule has 0 atom stereocenters. The van der Waals surface area contributed by atoms with Crippen molar-refractivity contribution in [2.45, 2.75) is 18.8 Å². The Hall–Kier alpha value is -2.18. The summed E-state index contributed by atoms with van der Waals surface area (Å²) in [5.41, 5.74) is 0.830. The van der Waals surface area contributed by atoms with Crippen LogP contribution in [0.3, 0.4) is 0 Å².